The van der Waals surface area contributed by atoms with Gasteiger partial charge in [-0.05, 0) is 35.1 Å². The van der Waals surface area contributed by atoms with Gasteiger partial charge in [0.05, 0.1) is 11.9 Å². The van der Waals surface area contributed by atoms with Gasteiger partial charge in [0.1, 0.15) is 12.0 Å². The van der Waals surface area contributed by atoms with E-state index in [1.165, 1.54) is 14.2 Å². The minimum atomic E-state index is -3.36. The maximum absolute atomic E-state index is 13.0. The molecule has 2 rings (SSSR count). The van der Waals surface area contributed by atoms with E-state index >= 15 is 0 Å². The fourth-order valence-electron chi connectivity index (χ4n) is 3.11. The summed E-state index contributed by atoms with van der Waals surface area (Å²) in [5.74, 6) is 0.293. The zero-order chi connectivity index (χ0) is 22.0. The molecule has 0 atom stereocenters. The highest BCUT2D eigenvalue weighted by atomic mass is 31.2. The Kier molecular flexibility index (Phi) is 6.83. The zero-order valence-corrected chi connectivity index (χ0v) is 19.6. The summed E-state index contributed by atoms with van der Waals surface area (Å²) >= 11 is 0. The first-order valence-corrected chi connectivity index (χ1v) is 11.3. The number of aromatic hydroxyl groups is 1. The molecular formula is C22H33N2O4P. The number of phenolic OH excluding ortho intramolecular Hbond substituents is 1. The molecule has 1 aromatic heterocycles. The first kappa shape index (κ1) is 23.4. The van der Waals surface area contributed by atoms with Crippen LogP contribution in [0.4, 0.5) is 11.4 Å². The molecule has 0 fully saturated rings. The lowest BCUT2D eigenvalue weighted by molar-refractivity contribution is 0.276. The van der Waals surface area contributed by atoms with Gasteiger partial charge in [-0.25, -0.2) is 0 Å². The van der Waals surface area contributed by atoms with E-state index in [-0.39, 0.29) is 17.1 Å². The quantitative estimate of drug-likeness (QED) is 0.581. The molecule has 7 heteroatoms. The van der Waals surface area contributed by atoms with Crippen molar-refractivity contribution in [2.24, 2.45) is 0 Å². The van der Waals surface area contributed by atoms with E-state index in [2.05, 4.69) is 46.5 Å². The Bertz CT molecular complexity index is 843. The monoisotopic (exact) mass is 420 g/mol. The molecule has 0 bridgehead atoms. The molecule has 2 aromatic rings. The van der Waals surface area contributed by atoms with E-state index < -0.39 is 7.60 Å². The van der Waals surface area contributed by atoms with E-state index in [4.69, 9.17) is 9.05 Å². The molecule has 1 heterocycles. The van der Waals surface area contributed by atoms with Gasteiger partial charge in [0.2, 0.25) is 0 Å². The van der Waals surface area contributed by atoms with Gasteiger partial charge in [-0.2, -0.15) is 0 Å². The van der Waals surface area contributed by atoms with Crippen LogP contribution in [0.5, 0.6) is 5.75 Å². The van der Waals surface area contributed by atoms with Crippen LogP contribution < -0.4 is 4.90 Å². The molecule has 0 aliphatic rings. The van der Waals surface area contributed by atoms with E-state index in [9.17, 15) is 9.67 Å². The van der Waals surface area contributed by atoms with Crippen LogP contribution in [0, 0.1) is 0 Å². The first-order valence-electron chi connectivity index (χ1n) is 9.58. The fraction of sp³-hybridized carbons (Fsp3) is 0.500. The summed E-state index contributed by atoms with van der Waals surface area (Å²) in [6.07, 6.45) is 3.41. The van der Waals surface area contributed by atoms with Gasteiger partial charge in [0.15, 0.2) is 0 Å². The van der Waals surface area contributed by atoms with Crippen molar-refractivity contribution >= 4 is 19.0 Å². The van der Waals surface area contributed by atoms with Crippen molar-refractivity contribution in [2.75, 3.05) is 25.4 Å². The highest BCUT2D eigenvalue weighted by molar-refractivity contribution is 7.53. The van der Waals surface area contributed by atoms with Crippen molar-refractivity contribution in [3.8, 4) is 5.75 Å². The molecule has 0 aliphatic carbocycles. The average Bonchev–Trinajstić information content (AvgIpc) is 2.65. The molecular weight excluding hydrogens is 387 g/mol. The summed E-state index contributed by atoms with van der Waals surface area (Å²) in [6.45, 7) is 12.3. The lowest BCUT2D eigenvalue weighted by Crippen LogP contribution is -2.23. The van der Waals surface area contributed by atoms with Gasteiger partial charge in [0, 0.05) is 37.2 Å². The Labute approximate surface area is 174 Å². The molecule has 0 radical (unpaired) electrons. The van der Waals surface area contributed by atoms with Crippen molar-refractivity contribution < 1.29 is 18.7 Å². The minimum absolute atomic E-state index is 0.0175. The molecule has 0 unspecified atom stereocenters. The summed E-state index contributed by atoms with van der Waals surface area (Å²) in [5.41, 5.74) is 2.61. The minimum Gasteiger partial charge on any atom is -0.507 e. The SMILES string of the molecule is COP(=O)(CN(c1cccnc1)c1cc(C(C)(C)C)c(O)c(C(C)(C)C)c1)OC. The van der Waals surface area contributed by atoms with Crippen LogP contribution in [0.3, 0.4) is 0 Å². The Morgan fingerprint density at radius 2 is 1.52 bits per heavy atom. The second-order valence-electron chi connectivity index (χ2n) is 9.15. The number of hydrogen-bond donors (Lipinski definition) is 1. The summed E-state index contributed by atoms with van der Waals surface area (Å²) in [6, 6.07) is 7.59. The third kappa shape index (κ3) is 5.39. The zero-order valence-electron chi connectivity index (χ0n) is 18.7. The standard InChI is InChI=1S/C22H33N2O4P/c1-21(2,3)18-12-17(13-19(20(18)25)22(4,5)6)24(15-29(26,27-7)28-8)16-10-9-11-23-14-16/h9-14,25H,15H2,1-8H3. The second kappa shape index (κ2) is 8.47. The topological polar surface area (TPSA) is 71.9 Å². The summed E-state index contributed by atoms with van der Waals surface area (Å²) in [5, 5.41) is 11.0. The van der Waals surface area contributed by atoms with Crippen molar-refractivity contribution in [3.05, 3.63) is 47.8 Å². The first-order chi connectivity index (χ1) is 13.3. The van der Waals surface area contributed by atoms with Gasteiger partial charge < -0.3 is 19.1 Å². The summed E-state index contributed by atoms with van der Waals surface area (Å²) < 4.78 is 23.4. The van der Waals surface area contributed by atoms with Crippen LogP contribution in [-0.2, 0) is 24.4 Å². The molecule has 0 amide bonds. The number of phenols is 1. The number of aromatic nitrogens is 1. The Morgan fingerprint density at radius 3 is 1.90 bits per heavy atom. The number of benzene rings is 1. The number of anilines is 2. The van der Waals surface area contributed by atoms with Gasteiger partial charge in [-0.1, -0.05) is 41.5 Å². The van der Waals surface area contributed by atoms with Gasteiger partial charge in [0.25, 0.3) is 0 Å². The average molecular weight is 420 g/mol. The number of nitrogens with zero attached hydrogens (tertiary/aromatic N) is 2. The molecule has 0 saturated carbocycles. The van der Waals surface area contributed by atoms with Crippen LogP contribution >= 0.6 is 7.60 Å². The summed E-state index contributed by atoms with van der Waals surface area (Å²) in [4.78, 5) is 6.08. The lowest BCUT2D eigenvalue weighted by Gasteiger charge is -2.32. The third-order valence-corrected chi connectivity index (χ3v) is 6.59. The van der Waals surface area contributed by atoms with Crippen molar-refractivity contribution in [1.82, 2.24) is 4.98 Å². The maximum Gasteiger partial charge on any atom is 0.349 e. The Hall–Kier alpha value is -1.88. The highest BCUT2D eigenvalue weighted by Gasteiger charge is 2.31. The fourth-order valence-corrected chi connectivity index (χ4v) is 4.16. The lowest BCUT2D eigenvalue weighted by atomic mass is 9.79. The predicted octanol–water partition coefficient (Wildman–Crippen LogP) is 5.96. The normalized spacial score (nSPS) is 12.8. The van der Waals surface area contributed by atoms with E-state index in [0.717, 1.165) is 22.5 Å². The molecule has 160 valence electrons. The molecule has 1 aromatic carbocycles. The van der Waals surface area contributed by atoms with Gasteiger partial charge in [-0.15, -0.1) is 0 Å². The van der Waals surface area contributed by atoms with E-state index in [1.807, 2.05) is 29.2 Å². The molecule has 29 heavy (non-hydrogen) atoms. The van der Waals surface area contributed by atoms with E-state index in [0.29, 0.717) is 5.75 Å². The Morgan fingerprint density at radius 1 is 1.00 bits per heavy atom. The van der Waals surface area contributed by atoms with Crippen molar-refractivity contribution in [2.45, 2.75) is 52.4 Å². The van der Waals surface area contributed by atoms with Crippen molar-refractivity contribution in [3.63, 3.8) is 0 Å². The molecule has 1 N–H and O–H groups in total. The number of pyridine rings is 1. The molecule has 6 nitrogen and oxygen atoms in total. The third-order valence-electron chi connectivity index (χ3n) is 4.85. The van der Waals surface area contributed by atoms with Crippen LogP contribution in [-0.4, -0.2) is 30.6 Å². The van der Waals surface area contributed by atoms with Crippen LogP contribution in [0.25, 0.3) is 0 Å². The maximum atomic E-state index is 13.0. The second-order valence-corrected chi connectivity index (χ2v) is 11.4. The molecule has 0 aliphatic heterocycles. The summed E-state index contributed by atoms with van der Waals surface area (Å²) in [7, 11) is -0.599. The number of rotatable bonds is 6. The smallest absolute Gasteiger partial charge is 0.349 e. The molecule has 0 saturated heterocycles. The highest BCUT2D eigenvalue weighted by Crippen LogP contribution is 2.50. The molecule has 0 spiro atoms. The Balaban J connectivity index is 2.77. The van der Waals surface area contributed by atoms with Crippen LogP contribution in [0.1, 0.15) is 52.7 Å². The van der Waals surface area contributed by atoms with Crippen LogP contribution in [0.15, 0.2) is 36.7 Å². The van der Waals surface area contributed by atoms with Gasteiger partial charge in [-0.3, -0.25) is 9.55 Å². The van der Waals surface area contributed by atoms with Crippen LogP contribution in [0.2, 0.25) is 0 Å². The predicted molar refractivity (Wildman–Crippen MR) is 118 cm³/mol. The van der Waals surface area contributed by atoms with E-state index in [1.54, 1.807) is 12.4 Å². The van der Waals surface area contributed by atoms with Gasteiger partial charge >= 0.3 is 7.60 Å². The largest absolute Gasteiger partial charge is 0.507 e. The van der Waals surface area contributed by atoms with Crippen molar-refractivity contribution in [1.29, 1.82) is 0 Å². The number of hydrogen-bond acceptors (Lipinski definition) is 6.